The first-order valence-electron chi connectivity index (χ1n) is 5.08. The van der Waals surface area contributed by atoms with Gasteiger partial charge in [-0.1, -0.05) is 0 Å². The molecule has 0 aliphatic carbocycles. The molecule has 0 aliphatic heterocycles. The van der Waals surface area contributed by atoms with Crippen molar-refractivity contribution in [3.05, 3.63) is 31.9 Å². The minimum atomic E-state index is -0.404. The van der Waals surface area contributed by atoms with Crippen molar-refractivity contribution >= 4 is 34.0 Å². The standard InChI is InChI=1S/C11H15IN2O3/c1-11(2,7-15)13(3)8-4-5-10(14(16)17)9(12)6-8/h4-6,15H,7H2,1-3H3. The van der Waals surface area contributed by atoms with Crippen molar-refractivity contribution < 1.29 is 10.0 Å². The van der Waals surface area contributed by atoms with Crippen LogP contribution in [0.25, 0.3) is 0 Å². The van der Waals surface area contributed by atoms with Crippen LogP contribution in [0.1, 0.15) is 13.8 Å². The summed E-state index contributed by atoms with van der Waals surface area (Å²) in [5, 5.41) is 20.0. The molecule has 0 aliphatic rings. The summed E-state index contributed by atoms with van der Waals surface area (Å²) in [6.45, 7) is 3.82. The average molecular weight is 350 g/mol. The molecule has 0 saturated carbocycles. The van der Waals surface area contributed by atoms with Crippen LogP contribution in [0.15, 0.2) is 18.2 Å². The lowest BCUT2D eigenvalue weighted by Crippen LogP contribution is -2.44. The van der Waals surface area contributed by atoms with Gasteiger partial charge in [-0.15, -0.1) is 0 Å². The fourth-order valence-electron chi connectivity index (χ4n) is 1.31. The summed E-state index contributed by atoms with van der Waals surface area (Å²) in [7, 11) is 1.85. The summed E-state index contributed by atoms with van der Waals surface area (Å²) in [4.78, 5) is 12.2. The fourth-order valence-corrected chi connectivity index (χ4v) is 2.00. The van der Waals surface area contributed by atoms with Gasteiger partial charge < -0.3 is 10.0 Å². The molecule has 0 bridgehead atoms. The first-order valence-corrected chi connectivity index (χ1v) is 6.16. The van der Waals surface area contributed by atoms with Gasteiger partial charge in [-0.05, 0) is 48.6 Å². The molecule has 0 fully saturated rings. The van der Waals surface area contributed by atoms with Crippen LogP contribution in [0.5, 0.6) is 0 Å². The van der Waals surface area contributed by atoms with Crippen LogP contribution in [-0.2, 0) is 0 Å². The normalized spacial score (nSPS) is 11.4. The summed E-state index contributed by atoms with van der Waals surface area (Å²) in [5.74, 6) is 0. The lowest BCUT2D eigenvalue weighted by molar-refractivity contribution is -0.385. The Morgan fingerprint density at radius 2 is 2.12 bits per heavy atom. The van der Waals surface area contributed by atoms with Gasteiger partial charge in [-0.3, -0.25) is 10.1 Å². The highest BCUT2D eigenvalue weighted by molar-refractivity contribution is 14.1. The number of nitro benzene ring substituents is 1. The van der Waals surface area contributed by atoms with Gasteiger partial charge in [0.15, 0.2) is 0 Å². The largest absolute Gasteiger partial charge is 0.394 e. The van der Waals surface area contributed by atoms with Gasteiger partial charge in [-0.25, -0.2) is 0 Å². The van der Waals surface area contributed by atoms with Crippen LogP contribution < -0.4 is 4.90 Å². The molecular weight excluding hydrogens is 335 g/mol. The van der Waals surface area contributed by atoms with Crippen molar-refractivity contribution in [1.29, 1.82) is 0 Å². The maximum atomic E-state index is 10.7. The minimum Gasteiger partial charge on any atom is -0.394 e. The Labute approximate surface area is 114 Å². The zero-order valence-corrected chi connectivity index (χ0v) is 12.1. The number of likely N-dealkylation sites (N-methyl/N-ethyl adjacent to an activating group) is 1. The van der Waals surface area contributed by atoms with E-state index in [-0.39, 0.29) is 12.3 Å². The van der Waals surface area contributed by atoms with Crippen LogP contribution in [0.2, 0.25) is 0 Å². The SMILES string of the molecule is CN(c1ccc([N+](=O)[O-])c(I)c1)C(C)(C)CO. The Balaban J connectivity index is 3.10. The first-order chi connectivity index (χ1) is 7.79. The monoisotopic (exact) mass is 350 g/mol. The molecule has 0 saturated heterocycles. The van der Waals surface area contributed by atoms with E-state index in [1.807, 2.05) is 48.4 Å². The molecule has 0 amide bonds. The first kappa shape index (κ1) is 14.2. The molecule has 0 aromatic heterocycles. The smallest absolute Gasteiger partial charge is 0.282 e. The Morgan fingerprint density at radius 1 is 1.53 bits per heavy atom. The highest BCUT2D eigenvalue weighted by Gasteiger charge is 2.24. The van der Waals surface area contributed by atoms with Crippen molar-refractivity contribution in [3.63, 3.8) is 0 Å². The van der Waals surface area contributed by atoms with Crippen molar-refractivity contribution in [2.45, 2.75) is 19.4 Å². The van der Waals surface area contributed by atoms with Crippen LogP contribution in [-0.4, -0.2) is 29.2 Å². The van der Waals surface area contributed by atoms with Gasteiger partial charge in [0, 0.05) is 18.8 Å². The lowest BCUT2D eigenvalue weighted by Gasteiger charge is -2.35. The van der Waals surface area contributed by atoms with E-state index < -0.39 is 10.5 Å². The van der Waals surface area contributed by atoms with Crippen LogP contribution in [0.4, 0.5) is 11.4 Å². The highest BCUT2D eigenvalue weighted by atomic mass is 127. The topological polar surface area (TPSA) is 66.6 Å². The number of aliphatic hydroxyl groups excluding tert-OH is 1. The average Bonchev–Trinajstić information content (AvgIpc) is 2.27. The van der Waals surface area contributed by atoms with Crippen molar-refractivity contribution in [2.75, 3.05) is 18.6 Å². The molecule has 0 unspecified atom stereocenters. The van der Waals surface area contributed by atoms with E-state index in [2.05, 4.69) is 0 Å². The lowest BCUT2D eigenvalue weighted by atomic mass is 10.0. The van der Waals surface area contributed by atoms with E-state index in [0.717, 1.165) is 5.69 Å². The van der Waals surface area contributed by atoms with E-state index in [4.69, 9.17) is 0 Å². The number of benzene rings is 1. The van der Waals surface area contributed by atoms with Gasteiger partial charge in [0.05, 0.1) is 20.6 Å². The zero-order chi connectivity index (χ0) is 13.2. The minimum absolute atomic E-state index is 0.0110. The van der Waals surface area contributed by atoms with Gasteiger partial charge in [0.2, 0.25) is 0 Å². The molecule has 0 atom stereocenters. The van der Waals surface area contributed by atoms with E-state index in [1.165, 1.54) is 6.07 Å². The zero-order valence-electron chi connectivity index (χ0n) is 9.98. The third-order valence-corrected chi connectivity index (χ3v) is 3.67. The Bertz CT molecular complexity index is 435. The fraction of sp³-hybridized carbons (Fsp3) is 0.455. The quantitative estimate of drug-likeness (QED) is 0.515. The molecule has 94 valence electrons. The summed E-state index contributed by atoms with van der Waals surface area (Å²) in [6, 6.07) is 4.93. The van der Waals surface area contributed by atoms with Crippen LogP contribution >= 0.6 is 22.6 Å². The molecule has 1 aromatic carbocycles. The van der Waals surface area contributed by atoms with Crippen LogP contribution in [0, 0.1) is 13.7 Å². The van der Waals surface area contributed by atoms with Crippen molar-refractivity contribution in [2.24, 2.45) is 0 Å². The van der Waals surface area contributed by atoms with Gasteiger partial charge in [0.25, 0.3) is 5.69 Å². The second-order valence-corrected chi connectivity index (χ2v) is 5.58. The summed E-state index contributed by atoms with van der Waals surface area (Å²) >= 11 is 1.94. The van der Waals surface area contributed by atoms with Gasteiger partial charge >= 0.3 is 0 Å². The van der Waals surface area contributed by atoms with E-state index in [9.17, 15) is 15.2 Å². The summed E-state index contributed by atoms with van der Waals surface area (Å²) < 4.78 is 0.589. The second-order valence-electron chi connectivity index (χ2n) is 4.42. The molecule has 0 spiro atoms. The summed E-state index contributed by atoms with van der Waals surface area (Å²) in [6.07, 6.45) is 0. The van der Waals surface area contributed by atoms with E-state index in [1.54, 1.807) is 12.1 Å². The number of nitro groups is 1. The van der Waals surface area contributed by atoms with E-state index in [0.29, 0.717) is 3.57 Å². The molecule has 6 heteroatoms. The number of rotatable bonds is 4. The number of hydrogen-bond donors (Lipinski definition) is 1. The molecule has 1 N–H and O–H groups in total. The predicted octanol–water partition coefficient (Wildman–Crippen LogP) is 2.41. The van der Waals surface area contributed by atoms with Gasteiger partial charge in [0.1, 0.15) is 0 Å². The molecule has 1 rings (SSSR count). The van der Waals surface area contributed by atoms with Crippen LogP contribution in [0.3, 0.4) is 0 Å². The number of hydrogen-bond acceptors (Lipinski definition) is 4. The van der Waals surface area contributed by atoms with E-state index >= 15 is 0 Å². The molecule has 17 heavy (non-hydrogen) atoms. The third-order valence-electron chi connectivity index (χ3n) is 2.81. The molecular formula is C11H15IN2O3. The number of nitrogens with zero attached hydrogens (tertiary/aromatic N) is 2. The number of halogens is 1. The Morgan fingerprint density at radius 3 is 2.53 bits per heavy atom. The maximum Gasteiger partial charge on any atom is 0.282 e. The third kappa shape index (κ3) is 3.06. The molecule has 5 nitrogen and oxygen atoms in total. The maximum absolute atomic E-state index is 10.7. The molecule has 0 heterocycles. The molecule has 1 aromatic rings. The second kappa shape index (κ2) is 5.18. The number of anilines is 1. The van der Waals surface area contributed by atoms with Crippen molar-refractivity contribution in [1.82, 2.24) is 0 Å². The predicted molar refractivity (Wildman–Crippen MR) is 75.4 cm³/mol. The Kier molecular flexibility index (Phi) is 4.31. The van der Waals surface area contributed by atoms with Crippen molar-refractivity contribution in [3.8, 4) is 0 Å². The van der Waals surface area contributed by atoms with Gasteiger partial charge in [-0.2, -0.15) is 0 Å². The highest BCUT2D eigenvalue weighted by Crippen LogP contribution is 2.28. The summed E-state index contributed by atoms with van der Waals surface area (Å²) in [5.41, 5.74) is 0.544. The molecule has 0 radical (unpaired) electrons. The Hall–Kier alpha value is -0.890. The number of aliphatic hydroxyl groups is 1.